The molecular formula is C17H23ClN4O4. The van der Waals surface area contributed by atoms with Gasteiger partial charge >= 0.3 is 11.8 Å². The first-order chi connectivity index (χ1) is 12.1. The summed E-state index contributed by atoms with van der Waals surface area (Å²) in [4.78, 5) is 29.1. The lowest BCUT2D eigenvalue weighted by Crippen LogP contribution is -2.51. The highest BCUT2D eigenvalue weighted by molar-refractivity contribution is 6.30. The number of nitrogens with zero attached hydrogens (tertiary/aromatic N) is 3. The third kappa shape index (κ3) is 4.00. The van der Waals surface area contributed by atoms with Crippen molar-refractivity contribution in [3.63, 3.8) is 0 Å². The smallest absolute Gasteiger partial charge is 0.410 e. The summed E-state index contributed by atoms with van der Waals surface area (Å²) in [6.07, 6.45) is 4.35. The van der Waals surface area contributed by atoms with Crippen LogP contribution in [0, 0.1) is 10.1 Å². The molecule has 1 amide bonds. The molecule has 0 radical (unpaired) electrons. The van der Waals surface area contributed by atoms with Crippen molar-refractivity contribution >= 4 is 29.2 Å². The van der Waals surface area contributed by atoms with E-state index in [-0.39, 0.29) is 40.7 Å². The Morgan fingerprint density at radius 1 is 1.38 bits per heavy atom. The minimum absolute atomic E-state index is 0.0126. The minimum atomic E-state index is -0.528. The van der Waals surface area contributed by atoms with Gasteiger partial charge in [0.05, 0.1) is 9.95 Å². The van der Waals surface area contributed by atoms with E-state index in [9.17, 15) is 14.9 Å². The van der Waals surface area contributed by atoms with Gasteiger partial charge in [-0.15, -0.1) is 0 Å². The molecule has 26 heavy (non-hydrogen) atoms. The number of anilines is 1. The molecule has 2 saturated heterocycles. The summed E-state index contributed by atoms with van der Waals surface area (Å²) < 4.78 is 5.53. The second-order valence-corrected chi connectivity index (χ2v) is 8.30. The lowest BCUT2D eigenvalue weighted by molar-refractivity contribution is -0.384. The van der Waals surface area contributed by atoms with E-state index < -0.39 is 10.5 Å². The zero-order valence-corrected chi connectivity index (χ0v) is 15.8. The van der Waals surface area contributed by atoms with E-state index in [4.69, 9.17) is 16.3 Å². The first kappa shape index (κ1) is 18.7. The van der Waals surface area contributed by atoms with E-state index in [0.29, 0.717) is 12.8 Å². The van der Waals surface area contributed by atoms with Crippen LogP contribution in [0.15, 0.2) is 12.3 Å². The molecule has 0 spiro atoms. The molecular weight excluding hydrogens is 360 g/mol. The Morgan fingerprint density at radius 3 is 2.54 bits per heavy atom. The molecule has 2 bridgehead atoms. The van der Waals surface area contributed by atoms with Crippen LogP contribution in [0.4, 0.5) is 16.3 Å². The van der Waals surface area contributed by atoms with Gasteiger partial charge in [0.25, 0.3) is 0 Å². The number of amides is 1. The molecule has 3 atom stereocenters. The summed E-state index contributed by atoms with van der Waals surface area (Å²) in [6, 6.07) is 1.46. The van der Waals surface area contributed by atoms with Gasteiger partial charge in [0.15, 0.2) is 0 Å². The van der Waals surface area contributed by atoms with Crippen LogP contribution >= 0.6 is 11.6 Å². The summed E-state index contributed by atoms with van der Waals surface area (Å²) >= 11 is 5.81. The number of carbonyl (C=O) groups is 1. The maximum Gasteiger partial charge on any atom is 0.410 e. The topological polar surface area (TPSA) is 97.6 Å². The van der Waals surface area contributed by atoms with Gasteiger partial charge < -0.3 is 15.0 Å². The molecule has 3 rings (SSSR count). The minimum Gasteiger partial charge on any atom is -0.444 e. The van der Waals surface area contributed by atoms with Gasteiger partial charge in [-0.1, -0.05) is 11.6 Å². The molecule has 0 aromatic carbocycles. The van der Waals surface area contributed by atoms with E-state index in [0.717, 1.165) is 12.8 Å². The largest absolute Gasteiger partial charge is 0.444 e. The van der Waals surface area contributed by atoms with Gasteiger partial charge in [0, 0.05) is 30.4 Å². The molecule has 1 N–H and O–H groups in total. The van der Waals surface area contributed by atoms with E-state index in [1.165, 1.54) is 12.3 Å². The number of rotatable bonds is 3. The van der Waals surface area contributed by atoms with Crippen LogP contribution in [0.2, 0.25) is 5.02 Å². The lowest BCUT2D eigenvalue weighted by atomic mass is 9.97. The van der Waals surface area contributed by atoms with Gasteiger partial charge in [-0.3, -0.25) is 10.1 Å². The highest BCUT2D eigenvalue weighted by Crippen LogP contribution is 2.38. The summed E-state index contributed by atoms with van der Waals surface area (Å²) in [5.74, 6) is 0.217. The fourth-order valence-electron chi connectivity index (χ4n) is 3.78. The maximum absolute atomic E-state index is 12.5. The Morgan fingerprint density at radius 2 is 2.00 bits per heavy atom. The Labute approximate surface area is 157 Å². The molecule has 3 heterocycles. The maximum atomic E-state index is 12.5. The van der Waals surface area contributed by atoms with Gasteiger partial charge in [-0.05, 0) is 46.5 Å². The Bertz CT molecular complexity index is 707. The number of fused-ring (bicyclic) bond motifs is 2. The number of hydrogen-bond acceptors (Lipinski definition) is 6. The zero-order chi connectivity index (χ0) is 19.1. The third-order valence-corrected chi connectivity index (χ3v) is 4.92. The summed E-state index contributed by atoms with van der Waals surface area (Å²) in [7, 11) is 0. The lowest BCUT2D eigenvalue weighted by Gasteiger charge is -2.39. The van der Waals surface area contributed by atoms with Crippen molar-refractivity contribution in [3.05, 3.63) is 27.4 Å². The number of nitro groups is 1. The van der Waals surface area contributed by atoms with Crippen molar-refractivity contribution in [1.29, 1.82) is 0 Å². The fraction of sp³-hybridized carbons (Fsp3) is 0.647. The standard InChI is InChI=1S/C17H23ClN4O4/c1-17(2,3)26-16(23)21-12-4-5-13(21)8-11(7-12)20-15-14(22(24)25)6-10(18)9-19-15/h6,9,11-13H,4-5,7-8H2,1-3H3,(H,19,20)/t11?,12-,13+. The van der Waals surface area contributed by atoms with E-state index >= 15 is 0 Å². The van der Waals surface area contributed by atoms with Crippen LogP contribution in [0.3, 0.4) is 0 Å². The Balaban J connectivity index is 1.70. The first-order valence-corrected chi connectivity index (χ1v) is 9.09. The average Bonchev–Trinajstić information content (AvgIpc) is 2.79. The molecule has 0 saturated carbocycles. The van der Waals surface area contributed by atoms with Gasteiger partial charge in [0.2, 0.25) is 5.82 Å². The molecule has 0 aliphatic carbocycles. The fourth-order valence-corrected chi connectivity index (χ4v) is 3.93. The molecule has 1 unspecified atom stereocenters. The van der Waals surface area contributed by atoms with Crippen molar-refractivity contribution in [1.82, 2.24) is 9.88 Å². The number of aromatic nitrogens is 1. The molecule has 2 aliphatic rings. The highest BCUT2D eigenvalue weighted by atomic mass is 35.5. The number of nitrogens with one attached hydrogen (secondary N) is 1. The molecule has 2 fully saturated rings. The Kier molecular flexibility index (Phi) is 4.96. The van der Waals surface area contributed by atoms with Crippen molar-refractivity contribution in [2.45, 2.75) is 70.2 Å². The van der Waals surface area contributed by atoms with E-state index in [1.54, 1.807) is 0 Å². The molecule has 2 aliphatic heterocycles. The average molecular weight is 383 g/mol. The van der Waals surface area contributed by atoms with Gasteiger partial charge in [-0.2, -0.15) is 0 Å². The van der Waals surface area contributed by atoms with Crippen LogP contribution in [-0.2, 0) is 4.74 Å². The van der Waals surface area contributed by atoms with E-state index in [2.05, 4.69) is 10.3 Å². The number of carbonyl (C=O) groups excluding carboxylic acids is 1. The van der Waals surface area contributed by atoms with Crippen LogP contribution in [0.25, 0.3) is 0 Å². The summed E-state index contributed by atoms with van der Waals surface area (Å²) in [6.45, 7) is 5.56. The first-order valence-electron chi connectivity index (χ1n) is 8.72. The quantitative estimate of drug-likeness (QED) is 0.627. The number of hydrogen-bond donors (Lipinski definition) is 1. The summed E-state index contributed by atoms with van der Waals surface area (Å²) in [5, 5.41) is 14.6. The van der Waals surface area contributed by atoms with Crippen molar-refractivity contribution in [2.24, 2.45) is 0 Å². The molecule has 1 aromatic heterocycles. The summed E-state index contributed by atoms with van der Waals surface area (Å²) in [5.41, 5.74) is -0.668. The van der Waals surface area contributed by atoms with E-state index in [1.807, 2.05) is 25.7 Å². The van der Waals surface area contributed by atoms with Gasteiger partial charge in [0.1, 0.15) is 5.60 Å². The van der Waals surface area contributed by atoms with Gasteiger partial charge in [-0.25, -0.2) is 9.78 Å². The predicted molar refractivity (Wildman–Crippen MR) is 97.4 cm³/mol. The molecule has 8 nitrogen and oxygen atoms in total. The van der Waals surface area contributed by atoms with Crippen LogP contribution in [0.5, 0.6) is 0 Å². The highest BCUT2D eigenvalue weighted by Gasteiger charge is 2.45. The van der Waals surface area contributed by atoms with Crippen LogP contribution < -0.4 is 5.32 Å². The Hall–Kier alpha value is -2.09. The zero-order valence-electron chi connectivity index (χ0n) is 15.1. The molecule has 142 valence electrons. The monoisotopic (exact) mass is 382 g/mol. The predicted octanol–water partition coefficient (Wildman–Crippen LogP) is 3.99. The van der Waals surface area contributed by atoms with Crippen LogP contribution in [0.1, 0.15) is 46.5 Å². The third-order valence-electron chi connectivity index (χ3n) is 4.71. The van der Waals surface area contributed by atoms with Crippen molar-refractivity contribution in [2.75, 3.05) is 5.32 Å². The number of ether oxygens (including phenoxy) is 1. The van der Waals surface area contributed by atoms with Crippen molar-refractivity contribution in [3.8, 4) is 0 Å². The SMILES string of the molecule is CC(C)(C)OC(=O)N1[C@@H]2CC[C@H]1CC(Nc1ncc(Cl)cc1[N+](=O)[O-])C2. The number of piperidine rings is 1. The number of halogens is 1. The number of pyridine rings is 1. The van der Waals surface area contributed by atoms with Crippen LogP contribution in [-0.4, -0.2) is 44.6 Å². The molecule has 1 aromatic rings. The second kappa shape index (κ2) is 6.90. The van der Waals surface area contributed by atoms with Crippen molar-refractivity contribution < 1.29 is 14.5 Å². The second-order valence-electron chi connectivity index (χ2n) is 7.86. The normalized spacial score (nSPS) is 25.1. The molecule has 9 heteroatoms.